The largest absolute Gasteiger partial charge is 0.490 e. The van der Waals surface area contributed by atoms with Crippen LogP contribution in [0.25, 0.3) is 0 Å². The monoisotopic (exact) mass is 351 g/mol. The molecule has 26 heavy (non-hydrogen) atoms. The van der Waals surface area contributed by atoms with E-state index in [2.05, 4.69) is 41.8 Å². The van der Waals surface area contributed by atoms with E-state index in [1.54, 1.807) is 0 Å². The Hall–Kier alpha value is -2.69. The van der Waals surface area contributed by atoms with Gasteiger partial charge in [0, 0.05) is 37.2 Å². The zero-order chi connectivity index (χ0) is 17.8. The van der Waals surface area contributed by atoms with Crippen molar-refractivity contribution in [2.75, 3.05) is 31.6 Å². The Kier molecular flexibility index (Phi) is 4.95. The van der Waals surface area contributed by atoms with Gasteiger partial charge in [-0.05, 0) is 36.6 Å². The highest BCUT2D eigenvalue weighted by Crippen LogP contribution is 2.35. The van der Waals surface area contributed by atoms with Crippen LogP contribution in [0.3, 0.4) is 0 Å². The van der Waals surface area contributed by atoms with Gasteiger partial charge in [0.1, 0.15) is 0 Å². The highest BCUT2D eigenvalue weighted by molar-refractivity contribution is 5.94. The molecule has 0 fully saturated rings. The Morgan fingerprint density at radius 2 is 1.96 bits per heavy atom. The molecule has 0 amide bonds. The predicted octanol–water partition coefficient (Wildman–Crippen LogP) is 3.57. The second-order valence-electron chi connectivity index (χ2n) is 6.66. The molecule has 2 aromatic rings. The minimum Gasteiger partial charge on any atom is -0.490 e. The summed E-state index contributed by atoms with van der Waals surface area (Å²) < 4.78 is 11.5. The Morgan fingerprint density at radius 3 is 2.81 bits per heavy atom. The van der Waals surface area contributed by atoms with Gasteiger partial charge in [0.2, 0.25) is 0 Å². The molecular formula is C21H25N3O2. The number of benzene rings is 2. The first-order chi connectivity index (χ1) is 12.8. The van der Waals surface area contributed by atoms with E-state index in [1.165, 1.54) is 11.1 Å². The van der Waals surface area contributed by atoms with Gasteiger partial charge in [-0.25, -0.2) is 0 Å². The van der Waals surface area contributed by atoms with Crippen LogP contribution in [0.5, 0.6) is 11.5 Å². The number of nitrogens with one attached hydrogen (secondary N) is 2. The van der Waals surface area contributed by atoms with E-state index in [1.807, 2.05) is 18.2 Å². The number of ether oxygens (including phenoxy) is 2. The highest BCUT2D eigenvalue weighted by Gasteiger charge is 2.24. The summed E-state index contributed by atoms with van der Waals surface area (Å²) in [5.74, 6) is 2.91. The van der Waals surface area contributed by atoms with Crippen LogP contribution in [0.4, 0.5) is 5.69 Å². The quantitative estimate of drug-likeness (QED) is 0.653. The number of guanidine groups is 1. The van der Waals surface area contributed by atoms with Crippen molar-refractivity contribution in [2.24, 2.45) is 4.99 Å². The van der Waals surface area contributed by atoms with Crippen LogP contribution < -0.4 is 20.1 Å². The van der Waals surface area contributed by atoms with E-state index in [4.69, 9.17) is 14.5 Å². The van der Waals surface area contributed by atoms with E-state index in [9.17, 15) is 0 Å². The van der Waals surface area contributed by atoms with E-state index in [0.29, 0.717) is 19.1 Å². The molecule has 1 aliphatic heterocycles. The topological polar surface area (TPSA) is 54.9 Å². The van der Waals surface area contributed by atoms with Crippen molar-refractivity contribution in [3.63, 3.8) is 0 Å². The van der Waals surface area contributed by atoms with Gasteiger partial charge in [0.25, 0.3) is 0 Å². The first-order valence-corrected chi connectivity index (χ1v) is 9.36. The van der Waals surface area contributed by atoms with Crippen LogP contribution in [-0.4, -0.2) is 32.3 Å². The van der Waals surface area contributed by atoms with Crippen LogP contribution in [0.2, 0.25) is 0 Å². The molecule has 2 aromatic carbocycles. The Bertz CT molecular complexity index is 804. The predicted molar refractivity (Wildman–Crippen MR) is 105 cm³/mol. The molecule has 0 aromatic heterocycles. The molecular weight excluding hydrogens is 326 g/mol. The average molecular weight is 351 g/mol. The summed E-state index contributed by atoms with van der Waals surface area (Å²) in [7, 11) is 0. The highest BCUT2D eigenvalue weighted by atomic mass is 16.5. The maximum atomic E-state index is 5.77. The number of nitrogens with zero attached hydrogens (tertiary/aromatic N) is 1. The lowest BCUT2D eigenvalue weighted by atomic mass is 9.78. The Morgan fingerprint density at radius 1 is 1.12 bits per heavy atom. The minimum atomic E-state index is 0.519. The third kappa shape index (κ3) is 3.62. The maximum Gasteiger partial charge on any atom is 0.195 e. The summed E-state index contributed by atoms with van der Waals surface area (Å²) >= 11 is 0. The van der Waals surface area contributed by atoms with Gasteiger partial charge >= 0.3 is 0 Å². The van der Waals surface area contributed by atoms with Crippen molar-refractivity contribution < 1.29 is 9.47 Å². The molecule has 1 unspecified atom stereocenters. The first-order valence-electron chi connectivity index (χ1n) is 9.36. The molecule has 5 heteroatoms. The van der Waals surface area contributed by atoms with E-state index in [0.717, 1.165) is 49.1 Å². The number of anilines is 1. The molecule has 1 atom stereocenters. The SMILES string of the molecule is CCNC(=NCC1Cc2ccccc21)Nc1ccc2c(c1)OCCCO2. The fourth-order valence-corrected chi connectivity index (χ4v) is 3.41. The number of aliphatic imine (C=N–C) groups is 1. The number of hydrogen-bond donors (Lipinski definition) is 2. The summed E-state index contributed by atoms with van der Waals surface area (Å²) in [5.41, 5.74) is 3.83. The number of rotatable bonds is 4. The third-order valence-electron chi connectivity index (χ3n) is 4.79. The molecule has 0 saturated heterocycles. The molecule has 4 rings (SSSR count). The van der Waals surface area contributed by atoms with Gasteiger partial charge in [-0.2, -0.15) is 0 Å². The zero-order valence-electron chi connectivity index (χ0n) is 15.1. The van der Waals surface area contributed by atoms with Gasteiger partial charge in [0.15, 0.2) is 17.5 Å². The summed E-state index contributed by atoms with van der Waals surface area (Å²) in [6, 6.07) is 14.6. The molecule has 5 nitrogen and oxygen atoms in total. The van der Waals surface area contributed by atoms with Crippen LogP contribution in [-0.2, 0) is 6.42 Å². The van der Waals surface area contributed by atoms with Crippen LogP contribution in [0, 0.1) is 0 Å². The molecule has 0 spiro atoms. The summed E-state index contributed by atoms with van der Waals surface area (Å²) in [5, 5.41) is 6.70. The Labute approximate surface area is 154 Å². The summed E-state index contributed by atoms with van der Waals surface area (Å²) in [6.45, 7) is 5.07. The van der Waals surface area contributed by atoms with Gasteiger partial charge in [-0.15, -0.1) is 0 Å². The molecule has 2 N–H and O–H groups in total. The minimum absolute atomic E-state index is 0.519. The van der Waals surface area contributed by atoms with Crippen molar-refractivity contribution in [3.8, 4) is 11.5 Å². The third-order valence-corrected chi connectivity index (χ3v) is 4.79. The van der Waals surface area contributed by atoms with Crippen molar-refractivity contribution in [1.82, 2.24) is 5.32 Å². The second kappa shape index (κ2) is 7.68. The summed E-state index contributed by atoms with van der Waals surface area (Å²) in [4.78, 5) is 4.78. The lowest BCUT2D eigenvalue weighted by Gasteiger charge is -2.29. The lowest BCUT2D eigenvalue weighted by Crippen LogP contribution is -2.32. The van der Waals surface area contributed by atoms with Crippen molar-refractivity contribution >= 4 is 11.6 Å². The summed E-state index contributed by atoms with van der Waals surface area (Å²) in [6.07, 6.45) is 2.02. The standard InChI is InChI=1S/C21H25N3O2/c1-2-22-21(23-14-16-12-15-6-3-4-7-18(15)16)24-17-8-9-19-20(13-17)26-11-5-10-25-19/h3-4,6-9,13,16H,2,5,10-12,14H2,1H3,(H2,22,23,24). The van der Waals surface area contributed by atoms with Gasteiger partial charge < -0.3 is 20.1 Å². The zero-order valence-corrected chi connectivity index (χ0v) is 15.1. The van der Waals surface area contributed by atoms with Crippen molar-refractivity contribution in [3.05, 3.63) is 53.6 Å². The maximum absolute atomic E-state index is 5.77. The van der Waals surface area contributed by atoms with Gasteiger partial charge in [-0.3, -0.25) is 4.99 Å². The second-order valence-corrected chi connectivity index (χ2v) is 6.66. The number of fused-ring (bicyclic) bond motifs is 2. The Balaban J connectivity index is 1.45. The average Bonchev–Trinajstić information content (AvgIpc) is 2.87. The normalized spacial score (nSPS) is 18.3. The van der Waals surface area contributed by atoms with Crippen LogP contribution in [0.1, 0.15) is 30.4 Å². The molecule has 136 valence electrons. The lowest BCUT2D eigenvalue weighted by molar-refractivity contribution is 0.297. The molecule has 0 bridgehead atoms. The van der Waals surface area contributed by atoms with Crippen LogP contribution >= 0.6 is 0 Å². The van der Waals surface area contributed by atoms with Crippen molar-refractivity contribution in [2.45, 2.75) is 25.7 Å². The van der Waals surface area contributed by atoms with Gasteiger partial charge in [-0.1, -0.05) is 24.3 Å². The molecule has 1 aliphatic carbocycles. The molecule has 0 saturated carbocycles. The van der Waals surface area contributed by atoms with E-state index >= 15 is 0 Å². The first kappa shape index (κ1) is 16.8. The smallest absolute Gasteiger partial charge is 0.195 e. The van der Waals surface area contributed by atoms with Gasteiger partial charge in [0.05, 0.1) is 13.2 Å². The van der Waals surface area contributed by atoms with E-state index < -0.39 is 0 Å². The fraction of sp³-hybridized carbons (Fsp3) is 0.381. The van der Waals surface area contributed by atoms with Crippen LogP contribution in [0.15, 0.2) is 47.5 Å². The fourth-order valence-electron chi connectivity index (χ4n) is 3.41. The number of hydrogen-bond acceptors (Lipinski definition) is 3. The van der Waals surface area contributed by atoms with E-state index in [-0.39, 0.29) is 0 Å². The molecule has 1 heterocycles. The van der Waals surface area contributed by atoms with Crippen molar-refractivity contribution in [1.29, 1.82) is 0 Å². The molecule has 0 radical (unpaired) electrons. The molecule has 2 aliphatic rings.